The lowest BCUT2D eigenvalue weighted by Crippen LogP contribution is -2.28. The van der Waals surface area contributed by atoms with Gasteiger partial charge in [0.25, 0.3) is 5.91 Å². The fourth-order valence-electron chi connectivity index (χ4n) is 1.79. The average molecular weight is 367 g/mol. The van der Waals surface area contributed by atoms with Gasteiger partial charge >= 0.3 is 0 Å². The first-order valence-electron chi connectivity index (χ1n) is 6.94. The zero-order valence-electron chi connectivity index (χ0n) is 12.9. The number of carbonyl (C=O) groups excluding carboxylic acids is 1. The number of pyridine rings is 1. The molecule has 0 aliphatic carbocycles. The Bertz CT molecular complexity index is 811. The number of hydrogen-bond acceptors (Lipinski definition) is 6. The maximum absolute atomic E-state index is 12.4. The summed E-state index contributed by atoms with van der Waals surface area (Å²) in [5.41, 5.74) is 0.145. The van der Waals surface area contributed by atoms with E-state index in [2.05, 4.69) is 10.3 Å². The molecule has 0 saturated carbocycles. The highest BCUT2D eigenvalue weighted by Gasteiger charge is 2.18. The predicted molar refractivity (Wildman–Crippen MR) is 90.4 cm³/mol. The molecular weight excluding hydrogens is 350 g/mol. The molecule has 9 heteroatoms. The van der Waals surface area contributed by atoms with Crippen LogP contribution in [0.1, 0.15) is 10.4 Å². The van der Waals surface area contributed by atoms with Crippen molar-refractivity contribution >= 4 is 27.7 Å². The highest BCUT2D eigenvalue weighted by molar-refractivity contribution is 7.99. The number of benzene rings is 1. The lowest BCUT2D eigenvalue weighted by atomic mass is 10.2. The minimum absolute atomic E-state index is 0.145. The molecule has 0 fully saturated rings. The summed E-state index contributed by atoms with van der Waals surface area (Å²) in [5, 5.41) is 8.17. The van der Waals surface area contributed by atoms with E-state index in [-0.39, 0.29) is 10.5 Å². The van der Waals surface area contributed by atoms with Gasteiger partial charge in [0.1, 0.15) is 9.92 Å². The minimum Gasteiger partial charge on any atom is -0.383 e. The molecule has 128 valence electrons. The van der Waals surface area contributed by atoms with Crippen LogP contribution in [0.5, 0.6) is 0 Å². The van der Waals surface area contributed by atoms with E-state index < -0.39 is 15.9 Å². The lowest BCUT2D eigenvalue weighted by molar-refractivity contribution is 0.0933. The zero-order chi connectivity index (χ0) is 17.6. The second-order valence-corrected chi connectivity index (χ2v) is 7.36. The maximum atomic E-state index is 12.4. The molecule has 1 aromatic heterocycles. The van der Waals surface area contributed by atoms with E-state index in [1.165, 1.54) is 24.9 Å². The number of nitrogens with one attached hydrogen (secondary N) is 1. The van der Waals surface area contributed by atoms with E-state index in [1.54, 1.807) is 0 Å². The molecule has 2 rings (SSSR count). The van der Waals surface area contributed by atoms with Crippen molar-refractivity contribution < 1.29 is 17.9 Å². The van der Waals surface area contributed by atoms with Crippen LogP contribution in [0.3, 0.4) is 0 Å². The first kappa shape index (κ1) is 18.4. The molecule has 0 unspecified atom stereocenters. The molecule has 0 atom stereocenters. The van der Waals surface area contributed by atoms with Crippen molar-refractivity contribution in [2.24, 2.45) is 5.14 Å². The van der Waals surface area contributed by atoms with Gasteiger partial charge in [0.2, 0.25) is 10.0 Å². The zero-order valence-corrected chi connectivity index (χ0v) is 14.6. The van der Waals surface area contributed by atoms with Crippen molar-refractivity contribution in [1.82, 2.24) is 10.3 Å². The molecule has 0 aliphatic heterocycles. The van der Waals surface area contributed by atoms with Gasteiger partial charge in [-0.15, -0.1) is 0 Å². The van der Waals surface area contributed by atoms with Crippen LogP contribution in [-0.4, -0.2) is 39.6 Å². The first-order valence-corrected chi connectivity index (χ1v) is 9.31. The van der Waals surface area contributed by atoms with Gasteiger partial charge in [0.05, 0.1) is 12.2 Å². The third-order valence-electron chi connectivity index (χ3n) is 2.95. The Balaban J connectivity index is 2.36. The second kappa shape index (κ2) is 8.25. The van der Waals surface area contributed by atoms with Gasteiger partial charge in [-0.1, -0.05) is 30.0 Å². The van der Waals surface area contributed by atoms with Gasteiger partial charge in [-0.2, -0.15) is 0 Å². The van der Waals surface area contributed by atoms with Gasteiger partial charge in [0.15, 0.2) is 0 Å². The molecule has 0 spiro atoms. The normalized spacial score (nSPS) is 11.2. The first-order chi connectivity index (χ1) is 11.4. The summed E-state index contributed by atoms with van der Waals surface area (Å²) in [4.78, 5) is 17.1. The molecule has 2 aromatic rings. The van der Waals surface area contributed by atoms with Crippen molar-refractivity contribution in [2.75, 3.05) is 20.3 Å². The van der Waals surface area contributed by atoms with Crippen molar-refractivity contribution in [3.05, 3.63) is 48.2 Å². The van der Waals surface area contributed by atoms with Crippen LogP contribution in [0.2, 0.25) is 0 Å². The number of ether oxygens (including phenoxy) is 1. The summed E-state index contributed by atoms with van der Waals surface area (Å²) in [5.74, 6) is -0.441. The summed E-state index contributed by atoms with van der Waals surface area (Å²) in [6.07, 6.45) is 1.15. The van der Waals surface area contributed by atoms with E-state index in [9.17, 15) is 13.2 Å². The molecule has 0 aliphatic rings. The number of nitrogens with two attached hydrogens (primary N) is 1. The van der Waals surface area contributed by atoms with E-state index in [4.69, 9.17) is 9.88 Å². The number of rotatable bonds is 7. The Hall–Kier alpha value is -1.94. The van der Waals surface area contributed by atoms with Crippen LogP contribution in [0.4, 0.5) is 0 Å². The maximum Gasteiger partial charge on any atom is 0.254 e. The number of carbonyl (C=O) groups is 1. The number of aromatic nitrogens is 1. The Morgan fingerprint density at radius 1 is 1.33 bits per heavy atom. The van der Waals surface area contributed by atoms with Crippen molar-refractivity contribution in [2.45, 2.75) is 14.8 Å². The second-order valence-electron chi connectivity index (χ2n) is 4.73. The Morgan fingerprint density at radius 2 is 2.04 bits per heavy atom. The number of nitrogens with zero attached hydrogens (tertiary/aromatic N) is 1. The van der Waals surface area contributed by atoms with Crippen LogP contribution >= 0.6 is 11.8 Å². The molecule has 24 heavy (non-hydrogen) atoms. The van der Waals surface area contributed by atoms with E-state index in [1.807, 2.05) is 30.3 Å². The summed E-state index contributed by atoms with van der Waals surface area (Å²) in [7, 11) is -2.43. The summed E-state index contributed by atoms with van der Waals surface area (Å²) >= 11 is 1.26. The molecule has 1 amide bonds. The van der Waals surface area contributed by atoms with E-state index >= 15 is 0 Å². The van der Waals surface area contributed by atoms with E-state index in [0.29, 0.717) is 18.2 Å². The van der Waals surface area contributed by atoms with Crippen LogP contribution in [0, 0.1) is 0 Å². The minimum atomic E-state index is -3.95. The van der Waals surface area contributed by atoms with Gasteiger partial charge in [-0.05, 0) is 18.2 Å². The highest BCUT2D eigenvalue weighted by Crippen LogP contribution is 2.29. The third-order valence-corrected chi connectivity index (χ3v) is 4.86. The number of amides is 1. The Kier molecular flexibility index (Phi) is 6.32. The smallest absolute Gasteiger partial charge is 0.254 e. The predicted octanol–water partition coefficient (Wildman–Crippen LogP) is 1.26. The topological polar surface area (TPSA) is 111 Å². The average Bonchev–Trinajstić information content (AvgIpc) is 2.55. The molecule has 3 N–H and O–H groups in total. The fraction of sp³-hybridized carbons (Fsp3) is 0.200. The fourth-order valence-corrected chi connectivity index (χ4v) is 3.16. The number of methoxy groups -OCH3 is 1. The quantitative estimate of drug-likeness (QED) is 0.713. The van der Waals surface area contributed by atoms with Crippen molar-refractivity contribution in [3.63, 3.8) is 0 Å². The summed E-state index contributed by atoms with van der Waals surface area (Å²) in [6.45, 7) is 0.638. The van der Waals surface area contributed by atoms with Gasteiger partial charge in [-0.25, -0.2) is 18.5 Å². The van der Waals surface area contributed by atoms with Gasteiger partial charge in [-0.3, -0.25) is 4.79 Å². The number of hydrogen-bond donors (Lipinski definition) is 2. The molecule has 0 radical (unpaired) electrons. The molecule has 0 saturated heterocycles. The van der Waals surface area contributed by atoms with Crippen LogP contribution < -0.4 is 10.5 Å². The lowest BCUT2D eigenvalue weighted by Gasteiger charge is -2.10. The monoisotopic (exact) mass is 367 g/mol. The van der Waals surface area contributed by atoms with E-state index in [0.717, 1.165) is 11.1 Å². The number of sulfonamides is 1. The van der Waals surface area contributed by atoms with Crippen molar-refractivity contribution in [1.29, 1.82) is 0 Å². The molecule has 1 heterocycles. The molecule has 0 bridgehead atoms. The largest absolute Gasteiger partial charge is 0.383 e. The molecule has 1 aromatic carbocycles. The highest BCUT2D eigenvalue weighted by atomic mass is 32.2. The van der Waals surface area contributed by atoms with Crippen LogP contribution in [0.25, 0.3) is 0 Å². The standard InChI is InChI=1S/C15H17N3O4S2/c1-22-8-7-17-14(19)13-9-12(24(16,20)21)10-18-15(13)23-11-5-3-2-4-6-11/h2-6,9-10H,7-8H2,1H3,(H,17,19)(H2,16,20,21). The van der Waals surface area contributed by atoms with Crippen molar-refractivity contribution in [3.8, 4) is 0 Å². The van der Waals surface area contributed by atoms with Crippen LogP contribution in [0.15, 0.2) is 57.4 Å². The van der Waals surface area contributed by atoms with Gasteiger partial charge in [0, 0.05) is 24.7 Å². The summed E-state index contributed by atoms with van der Waals surface area (Å²) < 4.78 is 27.9. The Morgan fingerprint density at radius 3 is 2.67 bits per heavy atom. The third kappa shape index (κ3) is 5.03. The van der Waals surface area contributed by atoms with Gasteiger partial charge < -0.3 is 10.1 Å². The Labute approximate surface area is 144 Å². The number of primary sulfonamides is 1. The molecule has 7 nitrogen and oxygen atoms in total. The SMILES string of the molecule is COCCNC(=O)c1cc(S(N)(=O)=O)cnc1Sc1ccccc1. The van der Waals surface area contributed by atoms with Crippen LogP contribution in [-0.2, 0) is 14.8 Å². The molecular formula is C15H17N3O4S2. The summed E-state index contributed by atoms with van der Waals surface area (Å²) in [6, 6.07) is 10.6.